The van der Waals surface area contributed by atoms with Crippen LogP contribution in [0.4, 0.5) is 0 Å². The summed E-state index contributed by atoms with van der Waals surface area (Å²) < 4.78 is 21.9. The summed E-state index contributed by atoms with van der Waals surface area (Å²) in [4.78, 5) is 17.1. The average molecular weight is 402 g/mol. The van der Waals surface area contributed by atoms with Crippen molar-refractivity contribution in [1.82, 2.24) is 0 Å². The van der Waals surface area contributed by atoms with Gasteiger partial charge in [-0.1, -0.05) is 24.3 Å². The summed E-state index contributed by atoms with van der Waals surface area (Å²) in [5, 5.41) is 10.5. The van der Waals surface area contributed by atoms with Gasteiger partial charge in [-0.3, -0.25) is 0 Å². The van der Waals surface area contributed by atoms with Crippen LogP contribution < -0.4 is 15.1 Å². The van der Waals surface area contributed by atoms with Gasteiger partial charge in [0.05, 0.1) is 30.6 Å². The molecule has 7 nitrogen and oxygen atoms in total. The number of rotatable bonds is 5. The summed E-state index contributed by atoms with van der Waals surface area (Å²) in [7, 11) is 1.57. The quantitative estimate of drug-likeness (QED) is 0.362. The van der Waals surface area contributed by atoms with Crippen molar-refractivity contribution in [3.05, 3.63) is 81.5 Å². The molecule has 0 N–H and O–H groups in total. The Morgan fingerprint density at radius 1 is 1.20 bits per heavy atom. The van der Waals surface area contributed by atoms with Gasteiger partial charge in [0.2, 0.25) is 5.88 Å². The van der Waals surface area contributed by atoms with E-state index >= 15 is 0 Å². The van der Waals surface area contributed by atoms with E-state index in [1.54, 1.807) is 49.6 Å². The van der Waals surface area contributed by atoms with E-state index in [-0.39, 0.29) is 17.0 Å². The van der Waals surface area contributed by atoms with Gasteiger partial charge in [-0.15, -0.1) is 0 Å². The Bertz CT molecular complexity index is 1250. The van der Waals surface area contributed by atoms with Crippen LogP contribution in [0.1, 0.15) is 24.0 Å². The number of fused-ring (bicyclic) bond motifs is 3. The number of hydrogen-bond donors (Lipinski definition) is 0. The summed E-state index contributed by atoms with van der Waals surface area (Å²) in [5.41, 5.74) is 0.981. The Balaban J connectivity index is 2.00. The number of aliphatic imine (C=N–C) groups is 1. The summed E-state index contributed by atoms with van der Waals surface area (Å²) in [5.74, 6) is 0.355. The molecular weight excluding hydrogens is 384 g/mol. The van der Waals surface area contributed by atoms with Crippen LogP contribution in [0, 0.1) is 11.3 Å². The first-order valence-electron chi connectivity index (χ1n) is 9.33. The number of nitrogens with zero attached hydrogens (tertiary/aromatic N) is 2. The molecule has 1 atom stereocenters. The number of methoxy groups -OCH3 is 1. The molecule has 2 heterocycles. The first-order valence-corrected chi connectivity index (χ1v) is 9.33. The third-order valence-corrected chi connectivity index (χ3v) is 4.79. The Kier molecular flexibility index (Phi) is 5.22. The molecule has 0 radical (unpaired) electrons. The highest BCUT2D eigenvalue weighted by Crippen LogP contribution is 2.44. The van der Waals surface area contributed by atoms with Crippen molar-refractivity contribution in [3.63, 3.8) is 0 Å². The zero-order chi connectivity index (χ0) is 21.1. The molecule has 1 aromatic heterocycles. The number of ether oxygens (including phenoxy) is 3. The number of allylic oxidation sites excluding steroid dienone is 1. The van der Waals surface area contributed by atoms with E-state index in [9.17, 15) is 10.1 Å². The van der Waals surface area contributed by atoms with E-state index in [4.69, 9.17) is 18.6 Å². The smallest absolute Gasteiger partial charge is 0.344 e. The number of benzene rings is 2. The van der Waals surface area contributed by atoms with Crippen LogP contribution in [0.2, 0.25) is 0 Å². The van der Waals surface area contributed by atoms with E-state index in [1.165, 1.54) is 6.40 Å². The summed E-state index contributed by atoms with van der Waals surface area (Å²) in [6.45, 7) is 2.24. The standard InChI is InChI=1S/C23H18N2O5/c1-3-28-13-25-22-17(12-24)19(14-8-10-15(27-2)11-9-14)20-21(30-22)16-6-4-5-7-18(16)29-23(20)26/h4-11,13,19H,3H2,1-2H3/b25-13+. The molecule has 3 aromatic rings. The fourth-order valence-electron chi connectivity index (χ4n) is 3.41. The summed E-state index contributed by atoms with van der Waals surface area (Å²) in [6.07, 6.45) is 1.23. The van der Waals surface area contributed by atoms with E-state index in [0.29, 0.717) is 34.6 Å². The SMILES string of the molecule is CCO/C=N/C1=C(C#N)C(c2ccc(OC)cc2)c2c(c3ccccc3oc2=O)O1. The molecule has 0 amide bonds. The second-order valence-corrected chi connectivity index (χ2v) is 6.46. The third-order valence-electron chi connectivity index (χ3n) is 4.79. The number of nitriles is 1. The molecule has 30 heavy (non-hydrogen) atoms. The fraction of sp³-hybridized carbons (Fsp3) is 0.174. The van der Waals surface area contributed by atoms with Gasteiger partial charge >= 0.3 is 5.63 Å². The van der Waals surface area contributed by atoms with Gasteiger partial charge < -0.3 is 18.6 Å². The van der Waals surface area contributed by atoms with Gasteiger partial charge in [-0.05, 0) is 36.8 Å². The summed E-state index contributed by atoms with van der Waals surface area (Å²) >= 11 is 0. The van der Waals surface area contributed by atoms with Gasteiger partial charge in [0, 0.05) is 0 Å². The van der Waals surface area contributed by atoms with E-state index < -0.39 is 11.5 Å². The highest BCUT2D eigenvalue weighted by Gasteiger charge is 2.36. The highest BCUT2D eigenvalue weighted by molar-refractivity contribution is 5.86. The maximum atomic E-state index is 12.9. The van der Waals surface area contributed by atoms with Crippen LogP contribution in [0.5, 0.6) is 11.5 Å². The lowest BCUT2D eigenvalue weighted by Gasteiger charge is -2.26. The maximum absolute atomic E-state index is 12.9. The molecule has 0 spiro atoms. The molecule has 1 aliphatic rings. The van der Waals surface area contributed by atoms with Crippen LogP contribution in [0.3, 0.4) is 0 Å². The lowest BCUT2D eigenvalue weighted by atomic mass is 9.84. The lowest BCUT2D eigenvalue weighted by molar-refractivity contribution is 0.335. The third kappa shape index (κ3) is 3.29. The molecule has 0 saturated heterocycles. The molecule has 0 bridgehead atoms. The molecule has 150 valence electrons. The van der Waals surface area contributed by atoms with Crippen molar-refractivity contribution >= 4 is 17.4 Å². The van der Waals surface area contributed by atoms with Crippen molar-refractivity contribution in [2.24, 2.45) is 4.99 Å². The Morgan fingerprint density at radius 2 is 1.97 bits per heavy atom. The Hall–Kier alpha value is -4.05. The van der Waals surface area contributed by atoms with Crippen LogP contribution >= 0.6 is 0 Å². The molecular formula is C23H18N2O5. The van der Waals surface area contributed by atoms with Crippen molar-refractivity contribution in [1.29, 1.82) is 5.26 Å². The van der Waals surface area contributed by atoms with E-state index in [1.807, 2.05) is 13.0 Å². The molecule has 0 saturated carbocycles. The number of hydrogen-bond acceptors (Lipinski definition) is 7. The lowest BCUT2D eigenvalue weighted by Crippen LogP contribution is -2.23. The summed E-state index contributed by atoms with van der Waals surface area (Å²) in [6, 6.07) is 16.4. The maximum Gasteiger partial charge on any atom is 0.344 e. The molecule has 0 fully saturated rings. The highest BCUT2D eigenvalue weighted by atomic mass is 16.5. The van der Waals surface area contributed by atoms with Gasteiger partial charge in [0.1, 0.15) is 23.0 Å². The molecule has 2 aromatic carbocycles. The average Bonchev–Trinajstić information content (AvgIpc) is 2.78. The van der Waals surface area contributed by atoms with Gasteiger partial charge in [0.15, 0.2) is 12.2 Å². The fourth-order valence-corrected chi connectivity index (χ4v) is 3.41. The van der Waals surface area contributed by atoms with Crippen molar-refractivity contribution in [2.45, 2.75) is 12.8 Å². The van der Waals surface area contributed by atoms with E-state index in [2.05, 4.69) is 11.1 Å². The van der Waals surface area contributed by atoms with Crippen molar-refractivity contribution in [3.8, 4) is 17.6 Å². The van der Waals surface area contributed by atoms with Crippen LogP contribution in [-0.2, 0) is 4.74 Å². The second-order valence-electron chi connectivity index (χ2n) is 6.46. The predicted octanol–water partition coefficient (Wildman–Crippen LogP) is 4.13. The Labute approximate surface area is 172 Å². The molecule has 7 heteroatoms. The second kappa shape index (κ2) is 8.13. The zero-order valence-electron chi connectivity index (χ0n) is 16.4. The minimum atomic E-state index is -0.709. The Morgan fingerprint density at radius 3 is 2.67 bits per heavy atom. The van der Waals surface area contributed by atoms with Crippen LogP contribution in [-0.4, -0.2) is 20.1 Å². The topological polar surface area (TPSA) is 94.0 Å². The van der Waals surface area contributed by atoms with E-state index in [0.717, 1.165) is 0 Å². The zero-order valence-corrected chi connectivity index (χ0v) is 16.4. The molecule has 1 aliphatic heterocycles. The predicted molar refractivity (Wildman–Crippen MR) is 111 cm³/mol. The van der Waals surface area contributed by atoms with Crippen molar-refractivity contribution in [2.75, 3.05) is 13.7 Å². The minimum absolute atomic E-state index is 0.0787. The molecule has 1 unspecified atom stereocenters. The van der Waals surface area contributed by atoms with Gasteiger partial charge in [0.25, 0.3) is 0 Å². The van der Waals surface area contributed by atoms with Crippen LogP contribution in [0.15, 0.2) is 74.2 Å². The van der Waals surface area contributed by atoms with Gasteiger partial charge in [-0.25, -0.2) is 4.79 Å². The number of para-hydroxylation sites is 1. The first-order chi connectivity index (χ1) is 14.7. The largest absolute Gasteiger partial charge is 0.497 e. The minimum Gasteiger partial charge on any atom is -0.497 e. The molecule has 4 rings (SSSR count). The first kappa shape index (κ1) is 19.3. The van der Waals surface area contributed by atoms with Gasteiger partial charge in [-0.2, -0.15) is 10.3 Å². The van der Waals surface area contributed by atoms with Crippen molar-refractivity contribution < 1.29 is 18.6 Å². The monoisotopic (exact) mass is 402 g/mol. The molecule has 0 aliphatic carbocycles. The van der Waals surface area contributed by atoms with Crippen LogP contribution in [0.25, 0.3) is 11.0 Å². The normalized spacial score (nSPS) is 15.6.